The van der Waals surface area contributed by atoms with Crippen molar-refractivity contribution in [2.45, 2.75) is 0 Å². The van der Waals surface area contributed by atoms with Crippen molar-refractivity contribution < 1.29 is 62.4 Å². The van der Waals surface area contributed by atoms with Gasteiger partial charge in [-0.3, -0.25) is 0 Å². The van der Waals surface area contributed by atoms with E-state index in [2.05, 4.69) is 13.3 Å². The van der Waals surface area contributed by atoms with Crippen LogP contribution >= 0.6 is 0 Å². The van der Waals surface area contributed by atoms with Crippen molar-refractivity contribution in [2.24, 2.45) is 0 Å². The van der Waals surface area contributed by atoms with E-state index in [1.807, 2.05) is 0 Å². The largest absolute Gasteiger partial charge is 2.00 e. The minimum atomic E-state index is -1.28. The second kappa shape index (κ2) is 11.4. The van der Waals surface area contributed by atoms with Crippen LogP contribution in [0.5, 0.6) is 0 Å². The third-order valence-corrected chi connectivity index (χ3v) is 2.18. The number of hydrogen-bond acceptors (Lipinski definition) is 8. The van der Waals surface area contributed by atoms with Crippen LogP contribution in [0.4, 0.5) is 0 Å². The molecule has 0 unspecified atom stereocenters. The van der Waals surface area contributed by atoms with Crippen LogP contribution in [0.2, 0.25) is 0 Å². The van der Waals surface area contributed by atoms with Crippen LogP contribution in [0.1, 0.15) is 31.7 Å². The minimum Gasteiger partial charge on any atom is -0.542 e. The molecule has 0 aliphatic carbocycles. The van der Waals surface area contributed by atoms with Crippen molar-refractivity contribution in [1.29, 1.82) is 0 Å². The van der Waals surface area contributed by atoms with Gasteiger partial charge in [0, 0.05) is 0 Å². The number of aromatic carboxylic acids is 3. The van der Waals surface area contributed by atoms with Crippen LogP contribution in [0.3, 0.4) is 0 Å². The molecule has 10 heteroatoms. The molecule has 3 aromatic rings. The Morgan fingerprint density at radius 1 is 0.720 bits per heavy atom. The average molecular weight is 400 g/mol. The van der Waals surface area contributed by atoms with Gasteiger partial charge in [-0.2, -0.15) is 0 Å². The van der Waals surface area contributed by atoms with Gasteiger partial charge in [-0.05, 0) is 36.4 Å². The summed E-state index contributed by atoms with van der Waals surface area (Å²) in [4.78, 5) is 29.7. The third-order valence-electron chi connectivity index (χ3n) is 2.18. The maximum Gasteiger partial charge on any atom is 2.00 e. The zero-order valence-corrected chi connectivity index (χ0v) is 15.6. The number of carbonyl (C=O) groups is 3. The molecule has 3 aromatic heterocycles. The first-order chi connectivity index (χ1) is 11.4. The van der Waals surface area contributed by atoms with Crippen molar-refractivity contribution in [3.63, 3.8) is 0 Å². The van der Waals surface area contributed by atoms with Crippen molar-refractivity contribution in [2.75, 3.05) is 0 Å². The molecule has 126 valence electrons. The molecule has 0 saturated heterocycles. The van der Waals surface area contributed by atoms with E-state index in [1.165, 1.54) is 55.2 Å². The van der Waals surface area contributed by atoms with Crippen molar-refractivity contribution >= 4 is 17.9 Å². The Hall–Kier alpha value is -3.13. The summed E-state index contributed by atoms with van der Waals surface area (Å²) in [5.41, 5.74) is 0. The minimum absolute atomic E-state index is 0. The second-order valence-corrected chi connectivity index (χ2v) is 3.81. The van der Waals surface area contributed by atoms with E-state index < -0.39 is 17.9 Å². The Bertz CT molecular complexity index is 638. The van der Waals surface area contributed by atoms with Gasteiger partial charge in [-0.1, -0.05) is 0 Å². The Morgan fingerprint density at radius 2 is 1.04 bits per heavy atom. The van der Waals surface area contributed by atoms with E-state index in [1.54, 1.807) is 0 Å². The van der Waals surface area contributed by atoms with Crippen LogP contribution in [0, 0.1) is 0 Å². The maximum atomic E-state index is 9.97. The summed E-state index contributed by atoms with van der Waals surface area (Å²) < 4.78 is 13.4. The molecule has 0 bridgehead atoms. The fourth-order valence-electron chi connectivity index (χ4n) is 1.19. The fourth-order valence-corrected chi connectivity index (χ4v) is 1.19. The molecule has 0 amide bonds. The molecule has 0 spiro atoms. The summed E-state index contributed by atoms with van der Waals surface area (Å²) in [7, 11) is 0. The van der Waals surface area contributed by atoms with Crippen LogP contribution in [0.15, 0.2) is 68.4 Å². The van der Waals surface area contributed by atoms with Crippen molar-refractivity contribution in [3.8, 4) is 0 Å². The molecule has 0 atom stereocenters. The average Bonchev–Trinajstić information content (AvgIpc) is 3.29. The van der Waals surface area contributed by atoms with Gasteiger partial charge in [-0.25, -0.2) is 4.79 Å². The van der Waals surface area contributed by atoms with E-state index in [9.17, 15) is 24.6 Å². The van der Waals surface area contributed by atoms with Gasteiger partial charge in [0.15, 0.2) is 0 Å². The molecule has 9 nitrogen and oxygen atoms in total. The van der Waals surface area contributed by atoms with Crippen LogP contribution in [-0.4, -0.2) is 23.0 Å². The zero-order chi connectivity index (χ0) is 17.9. The van der Waals surface area contributed by atoms with Crippen molar-refractivity contribution in [1.82, 2.24) is 0 Å². The molecular weight excluding hydrogens is 390 g/mol. The molecule has 3 heterocycles. The van der Waals surface area contributed by atoms with Crippen LogP contribution < -0.4 is 10.2 Å². The van der Waals surface area contributed by atoms with Gasteiger partial charge in [0.1, 0.15) is 23.5 Å². The van der Waals surface area contributed by atoms with Gasteiger partial charge in [0.05, 0.1) is 18.8 Å². The molecule has 0 fully saturated rings. The fraction of sp³-hybridized carbons (Fsp3) is 0. The Balaban J connectivity index is 0.000000339. The topological polar surface area (TPSA) is 157 Å². The van der Waals surface area contributed by atoms with Gasteiger partial charge in [-0.15, -0.1) is 0 Å². The molecule has 0 radical (unpaired) electrons. The summed E-state index contributed by atoms with van der Waals surface area (Å²) in [6.45, 7) is 0. The predicted octanol–water partition coefficient (Wildman–Crippen LogP) is 0.262. The first kappa shape index (κ1) is 21.9. The predicted molar refractivity (Wildman–Crippen MR) is 71.7 cm³/mol. The van der Waals surface area contributed by atoms with E-state index in [0.717, 1.165) is 0 Å². The zero-order valence-electron chi connectivity index (χ0n) is 12.6. The quantitative estimate of drug-likeness (QED) is 0.610. The molecule has 0 saturated carbocycles. The molecule has 3 rings (SSSR count). The second-order valence-electron chi connectivity index (χ2n) is 3.81. The summed E-state index contributed by atoms with van der Waals surface area (Å²) in [6.07, 6.45) is 3.89. The van der Waals surface area contributed by atoms with Gasteiger partial charge < -0.3 is 38.2 Å². The number of carboxylic acids is 3. The SMILES string of the molecule is O=C(O)c1ccco1.O=C([O-])c1ccco1.O=C([O-])c1ccco1.[Zn+2]. The normalized spacial score (nSPS) is 8.64. The number of carboxylic acid groups (broad SMARTS) is 3. The van der Waals surface area contributed by atoms with Gasteiger partial charge >= 0.3 is 25.4 Å². The smallest absolute Gasteiger partial charge is 0.542 e. The van der Waals surface area contributed by atoms with Crippen LogP contribution in [0.25, 0.3) is 0 Å². The maximum absolute atomic E-state index is 9.97. The number of furan rings is 3. The van der Waals surface area contributed by atoms with Gasteiger partial charge in [0.25, 0.3) is 0 Å². The van der Waals surface area contributed by atoms with Crippen LogP contribution in [-0.2, 0) is 19.5 Å². The molecule has 0 aliphatic heterocycles. The third kappa shape index (κ3) is 8.33. The summed E-state index contributed by atoms with van der Waals surface area (Å²) >= 11 is 0. The molecular formula is C15H10O9Zn. The number of rotatable bonds is 3. The van der Waals surface area contributed by atoms with E-state index >= 15 is 0 Å². The first-order valence-corrected chi connectivity index (χ1v) is 6.18. The molecule has 25 heavy (non-hydrogen) atoms. The van der Waals surface area contributed by atoms with E-state index in [-0.39, 0.29) is 36.8 Å². The van der Waals surface area contributed by atoms with Gasteiger partial charge in [0.2, 0.25) is 5.76 Å². The van der Waals surface area contributed by atoms with E-state index in [4.69, 9.17) is 5.11 Å². The number of hydrogen-bond donors (Lipinski definition) is 1. The Morgan fingerprint density at radius 3 is 1.16 bits per heavy atom. The van der Waals surface area contributed by atoms with E-state index in [0.29, 0.717) is 0 Å². The molecule has 1 N–H and O–H groups in total. The first-order valence-electron chi connectivity index (χ1n) is 6.18. The Labute approximate surface area is 153 Å². The summed E-state index contributed by atoms with van der Waals surface area (Å²) in [5.74, 6) is -3.89. The summed E-state index contributed by atoms with van der Waals surface area (Å²) in [6, 6.07) is 8.56. The monoisotopic (exact) mass is 398 g/mol. The molecule has 0 aliphatic rings. The number of carbonyl (C=O) groups excluding carboxylic acids is 2. The van der Waals surface area contributed by atoms with Crippen molar-refractivity contribution in [3.05, 3.63) is 72.5 Å². The molecule has 0 aromatic carbocycles. The summed E-state index contributed by atoms with van der Waals surface area (Å²) in [5, 5.41) is 27.9. The standard InChI is InChI=1S/3C5H4O3.Zn/c3*6-5(7)4-2-1-3-8-4;/h3*1-3H,(H,6,7);/q;;;+2/p-2. The Kier molecular flexibility index (Phi) is 9.99.